The van der Waals surface area contributed by atoms with Crippen LogP contribution in [0, 0.1) is 0 Å². The molecule has 12 heteroatoms. The van der Waals surface area contributed by atoms with Crippen LogP contribution >= 0.6 is 23.2 Å². The minimum absolute atomic E-state index is 0.296. The highest BCUT2D eigenvalue weighted by Gasteiger charge is 2.15. The van der Waals surface area contributed by atoms with Crippen LogP contribution in [0.15, 0.2) is 95.1 Å². The van der Waals surface area contributed by atoms with Gasteiger partial charge in [0.2, 0.25) is 0 Å². The van der Waals surface area contributed by atoms with Crippen LogP contribution in [0.3, 0.4) is 0 Å². The molecule has 0 aliphatic rings. The van der Waals surface area contributed by atoms with E-state index in [-0.39, 0.29) is 0 Å². The Hall–Kier alpha value is -5.06. The van der Waals surface area contributed by atoms with E-state index in [4.69, 9.17) is 42.1 Å². The first-order valence-electron chi connectivity index (χ1n) is 14.3. The molecule has 4 aromatic rings. The van der Waals surface area contributed by atoms with Gasteiger partial charge in [0.15, 0.2) is 23.0 Å². The predicted octanol–water partition coefficient (Wildman–Crippen LogP) is 6.55. The molecule has 4 aromatic carbocycles. The Morgan fingerprint density at radius 1 is 0.630 bits per heavy atom. The lowest BCUT2D eigenvalue weighted by Crippen LogP contribution is -2.35. The first-order chi connectivity index (χ1) is 22.4. The van der Waals surface area contributed by atoms with Gasteiger partial charge in [-0.1, -0.05) is 83.9 Å². The van der Waals surface area contributed by atoms with E-state index in [2.05, 4.69) is 21.1 Å². The number of hydrogen-bond donors (Lipinski definition) is 2. The molecule has 4 rings (SSSR count). The van der Waals surface area contributed by atoms with Gasteiger partial charge in [0, 0.05) is 0 Å². The Kier molecular flexibility index (Phi) is 12.8. The largest absolute Gasteiger partial charge is 0.490 e. The molecule has 0 heterocycles. The van der Waals surface area contributed by atoms with Crippen LogP contribution in [0.5, 0.6) is 23.0 Å². The highest BCUT2D eigenvalue weighted by molar-refractivity contribution is 6.35. The van der Waals surface area contributed by atoms with Gasteiger partial charge in [-0.2, -0.15) is 10.2 Å². The van der Waals surface area contributed by atoms with Gasteiger partial charge >= 0.3 is 11.8 Å². The second kappa shape index (κ2) is 17.4. The van der Waals surface area contributed by atoms with Crippen LogP contribution in [0.25, 0.3) is 0 Å². The minimum atomic E-state index is -1.04. The fourth-order valence-corrected chi connectivity index (χ4v) is 4.57. The molecule has 0 fully saturated rings. The molecule has 10 nitrogen and oxygen atoms in total. The third-order valence-corrected chi connectivity index (χ3v) is 6.64. The lowest BCUT2D eigenvalue weighted by molar-refractivity contribution is -0.139. The fraction of sp³-hybridized carbons (Fsp3) is 0.176. The number of halogens is 2. The standard InChI is InChI=1S/C34H32Cl2N4O6/c1-3-43-29-17-25(15-27(35)31(29)45-21-23-11-7-5-8-12-23)19-37-39-33(41)34(42)40-38-20-26-16-28(36)32(30(18-26)44-4-2)46-22-24-13-9-6-10-14-24/h5-20H,3-4,21-22H2,1-2H3,(H,39,41)(H,40,42)/b37-19+,38-20?. The smallest absolute Gasteiger partial charge is 0.331 e. The number of hydrogen-bond acceptors (Lipinski definition) is 8. The van der Waals surface area contributed by atoms with Crippen LogP contribution in [-0.4, -0.2) is 37.5 Å². The van der Waals surface area contributed by atoms with Crippen molar-refractivity contribution in [3.05, 3.63) is 117 Å². The predicted molar refractivity (Wildman–Crippen MR) is 178 cm³/mol. The summed E-state index contributed by atoms with van der Waals surface area (Å²) in [5, 5.41) is 8.29. The zero-order valence-electron chi connectivity index (χ0n) is 25.2. The monoisotopic (exact) mass is 662 g/mol. The van der Waals surface area contributed by atoms with E-state index >= 15 is 0 Å². The lowest BCUT2D eigenvalue weighted by atomic mass is 10.2. The van der Waals surface area contributed by atoms with E-state index in [0.717, 1.165) is 11.1 Å². The molecule has 0 aliphatic carbocycles. The number of nitrogens with zero attached hydrogens (tertiary/aromatic N) is 2. The SMILES string of the molecule is CCOc1cc(C=NNC(=O)C(=O)N/N=C/c2cc(Cl)c(OCc3ccccc3)c(OCC)c2)cc(Cl)c1OCc1ccccc1. The number of rotatable bonds is 14. The van der Waals surface area contributed by atoms with E-state index in [9.17, 15) is 9.59 Å². The Bertz CT molecular complexity index is 1560. The van der Waals surface area contributed by atoms with E-state index in [1.165, 1.54) is 12.4 Å². The van der Waals surface area contributed by atoms with Crippen molar-refractivity contribution >= 4 is 47.4 Å². The van der Waals surface area contributed by atoms with Crippen LogP contribution < -0.4 is 29.8 Å². The molecule has 0 aromatic heterocycles. The average Bonchev–Trinajstić information content (AvgIpc) is 3.05. The van der Waals surface area contributed by atoms with Gasteiger partial charge in [-0.25, -0.2) is 10.9 Å². The molecule has 0 aliphatic heterocycles. The molecule has 0 spiro atoms. The number of ether oxygens (including phenoxy) is 4. The topological polar surface area (TPSA) is 120 Å². The number of carbonyl (C=O) groups excluding carboxylic acids is 2. The van der Waals surface area contributed by atoms with Crippen LogP contribution in [0.4, 0.5) is 0 Å². The maximum absolute atomic E-state index is 12.3. The summed E-state index contributed by atoms with van der Waals surface area (Å²) in [5.41, 5.74) is 7.27. The van der Waals surface area contributed by atoms with Gasteiger partial charge in [-0.3, -0.25) is 9.59 Å². The molecule has 0 bridgehead atoms. The summed E-state index contributed by atoms with van der Waals surface area (Å²) in [6, 6.07) is 25.8. The van der Waals surface area contributed by atoms with Crippen molar-refractivity contribution < 1.29 is 28.5 Å². The number of nitrogens with one attached hydrogen (secondary N) is 2. The van der Waals surface area contributed by atoms with Crippen LogP contribution in [0.2, 0.25) is 10.0 Å². The van der Waals surface area contributed by atoms with Gasteiger partial charge in [-0.15, -0.1) is 0 Å². The molecule has 0 unspecified atom stereocenters. The first kappa shape index (κ1) is 33.8. The van der Waals surface area contributed by atoms with E-state index < -0.39 is 11.8 Å². The minimum Gasteiger partial charge on any atom is -0.490 e. The van der Waals surface area contributed by atoms with Gasteiger partial charge in [0.25, 0.3) is 0 Å². The Morgan fingerprint density at radius 2 is 1.02 bits per heavy atom. The zero-order chi connectivity index (χ0) is 32.7. The first-order valence-corrected chi connectivity index (χ1v) is 15.1. The molecule has 0 radical (unpaired) electrons. The molecular formula is C34H32Cl2N4O6. The quantitative estimate of drug-likeness (QED) is 0.0898. The van der Waals surface area contributed by atoms with Crippen LogP contribution in [-0.2, 0) is 22.8 Å². The maximum atomic E-state index is 12.3. The van der Waals surface area contributed by atoms with Crippen molar-refractivity contribution in [2.24, 2.45) is 10.2 Å². The highest BCUT2D eigenvalue weighted by Crippen LogP contribution is 2.38. The van der Waals surface area contributed by atoms with Crippen molar-refractivity contribution in [3.8, 4) is 23.0 Å². The molecule has 2 N–H and O–H groups in total. The third kappa shape index (κ3) is 9.98. The molecule has 2 amide bonds. The summed E-state index contributed by atoms with van der Waals surface area (Å²) in [5.74, 6) is -0.483. The summed E-state index contributed by atoms with van der Waals surface area (Å²) < 4.78 is 23.2. The lowest BCUT2D eigenvalue weighted by Gasteiger charge is -2.14. The van der Waals surface area contributed by atoms with Gasteiger partial charge < -0.3 is 18.9 Å². The number of amides is 2. The van der Waals surface area contributed by atoms with Gasteiger partial charge in [0.05, 0.1) is 35.7 Å². The van der Waals surface area contributed by atoms with Gasteiger partial charge in [-0.05, 0) is 60.4 Å². The number of carbonyl (C=O) groups is 2. The van der Waals surface area contributed by atoms with E-state index in [0.29, 0.717) is 70.6 Å². The molecule has 0 saturated heterocycles. The number of benzene rings is 4. The summed E-state index contributed by atoms with van der Waals surface area (Å²) in [4.78, 5) is 24.5. The summed E-state index contributed by atoms with van der Waals surface area (Å²) in [7, 11) is 0. The maximum Gasteiger partial charge on any atom is 0.331 e. The van der Waals surface area contributed by atoms with Crippen LogP contribution in [0.1, 0.15) is 36.1 Å². The molecule has 238 valence electrons. The van der Waals surface area contributed by atoms with Crippen molar-refractivity contribution in [2.75, 3.05) is 13.2 Å². The van der Waals surface area contributed by atoms with Crippen molar-refractivity contribution in [1.82, 2.24) is 10.9 Å². The Morgan fingerprint density at radius 3 is 1.39 bits per heavy atom. The third-order valence-electron chi connectivity index (χ3n) is 6.08. The Balaban J connectivity index is 1.33. The van der Waals surface area contributed by atoms with E-state index in [1.807, 2.05) is 74.5 Å². The fourth-order valence-electron chi connectivity index (χ4n) is 4.02. The second-order valence-electron chi connectivity index (χ2n) is 9.47. The van der Waals surface area contributed by atoms with Crippen molar-refractivity contribution in [3.63, 3.8) is 0 Å². The molecular weight excluding hydrogens is 631 g/mol. The summed E-state index contributed by atoms with van der Waals surface area (Å²) in [6.07, 6.45) is 2.64. The molecule has 46 heavy (non-hydrogen) atoms. The normalized spacial score (nSPS) is 11.0. The second-order valence-corrected chi connectivity index (χ2v) is 10.3. The summed E-state index contributed by atoms with van der Waals surface area (Å²) in [6.45, 7) is 5.02. The summed E-state index contributed by atoms with van der Waals surface area (Å²) >= 11 is 12.9. The van der Waals surface area contributed by atoms with Crippen molar-refractivity contribution in [2.45, 2.75) is 27.1 Å². The number of hydrazone groups is 2. The Labute approximate surface area is 276 Å². The average molecular weight is 664 g/mol. The highest BCUT2D eigenvalue weighted by atomic mass is 35.5. The zero-order valence-corrected chi connectivity index (χ0v) is 26.7. The van der Waals surface area contributed by atoms with Gasteiger partial charge in [0.1, 0.15) is 13.2 Å². The van der Waals surface area contributed by atoms with Crippen molar-refractivity contribution in [1.29, 1.82) is 0 Å². The van der Waals surface area contributed by atoms with E-state index in [1.54, 1.807) is 24.3 Å². The molecule has 0 atom stereocenters. The molecule has 0 saturated carbocycles.